The van der Waals surface area contributed by atoms with Gasteiger partial charge in [0.1, 0.15) is 0 Å². The van der Waals surface area contributed by atoms with Crippen molar-refractivity contribution in [1.29, 1.82) is 0 Å². The molecule has 2 saturated carbocycles. The van der Waals surface area contributed by atoms with Gasteiger partial charge in [-0.25, -0.2) is 4.79 Å². The van der Waals surface area contributed by atoms with Crippen molar-refractivity contribution in [3.05, 3.63) is 0 Å². The van der Waals surface area contributed by atoms with Crippen LogP contribution in [0.2, 0.25) is 0 Å². The van der Waals surface area contributed by atoms with Crippen molar-refractivity contribution in [1.82, 2.24) is 10.2 Å². The molecule has 3 saturated heterocycles. The first-order chi connectivity index (χ1) is 11.7. The first kappa shape index (κ1) is 15.4. The molecule has 0 aromatic carbocycles. The first-order valence-electron chi connectivity index (χ1n) is 10.0. The second-order valence-corrected chi connectivity index (χ2v) is 8.76. The summed E-state index contributed by atoms with van der Waals surface area (Å²) < 4.78 is 11.6. The van der Waals surface area contributed by atoms with Crippen LogP contribution < -0.4 is 5.32 Å². The number of likely N-dealkylation sites (tertiary alicyclic amines) is 1. The van der Waals surface area contributed by atoms with E-state index < -0.39 is 0 Å². The number of amides is 2. The molecule has 3 aliphatic heterocycles. The van der Waals surface area contributed by atoms with Crippen LogP contribution in [0.3, 0.4) is 0 Å². The number of ether oxygens (including phenoxy) is 2. The molecule has 24 heavy (non-hydrogen) atoms. The zero-order valence-electron chi connectivity index (χ0n) is 14.5. The van der Waals surface area contributed by atoms with Crippen molar-refractivity contribution in [2.24, 2.45) is 17.8 Å². The topological polar surface area (TPSA) is 50.8 Å². The number of nitrogens with one attached hydrogen (secondary N) is 1. The summed E-state index contributed by atoms with van der Waals surface area (Å²) in [6.45, 7) is 3.35. The fraction of sp³-hybridized carbons (Fsp3) is 0.947. The average Bonchev–Trinajstić information content (AvgIpc) is 3.42. The summed E-state index contributed by atoms with van der Waals surface area (Å²) in [5, 5.41) is 3.35. The van der Waals surface area contributed by atoms with Gasteiger partial charge >= 0.3 is 6.03 Å². The maximum absolute atomic E-state index is 12.8. The van der Waals surface area contributed by atoms with Crippen molar-refractivity contribution < 1.29 is 14.3 Å². The summed E-state index contributed by atoms with van der Waals surface area (Å²) in [6, 6.07) is 1.01. The van der Waals surface area contributed by atoms with Crippen LogP contribution in [0.25, 0.3) is 0 Å². The third-order valence-electron chi connectivity index (χ3n) is 7.02. The van der Waals surface area contributed by atoms with Crippen LogP contribution in [-0.2, 0) is 9.47 Å². The van der Waals surface area contributed by atoms with E-state index in [1.54, 1.807) is 0 Å². The molecule has 5 nitrogen and oxygen atoms in total. The van der Waals surface area contributed by atoms with Gasteiger partial charge in [-0.2, -0.15) is 0 Å². The Labute approximate surface area is 144 Å². The maximum Gasteiger partial charge on any atom is 0.317 e. The number of rotatable bonds is 3. The largest absolute Gasteiger partial charge is 0.381 e. The Hall–Kier alpha value is -0.810. The molecule has 5 rings (SSSR count). The van der Waals surface area contributed by atoms with E-state index >= 15 is 0 Å². The van der Waals surface area contributed by atoms with Gasteiger partial charge in [-0.05, 0) is 63.2 Å². The van der Waals surface area contributed by atoms with Crippen molar-refractivity contribution in [3.8, 4) is 0 Å². The quantitative estimate of drug-likeness (QED) is 0.863. The van der Waals surface area contributed by atoms with E-state index in [0.717, 1.165) is 69.8 Å². The third kappa shape index (κ3) is 2.84. The highest BCUT2D eigenvalue weighted by Crippen LogP contribution is 2.52. The minimum absolute atomic E-state index is 0.0458. The van der Waals surface area contributed by atoms with Crippen LogP contribution in [-0.4, -0.2) is 55.0 Å². The number of hydrogen-bond acceptors (Lipinski definition) is 3. The van der Waals surface area contributed by atoms with E-state index in [-0.39, 0.29) is 17.7 Å². The van der Waals surface area contributed by atoms with Gasteiger partial charge in [-0.3, -0.25) is 0 Å². The Morgan fingerprint density at radius 2 is 1.75 bits per heavy atom. The zero-order valence-corrected chi connectivity index (χ0v) is 14.5. The lowest BCUT2D eigenvalue weighted by atomic mass is 9.81. The lowest BCUT2D eigenvalue weighted by molar-refractivity contribution is -0.139. The summed E-state index contributed by atoms with van der Waals surface area (Å²) in [4.78, 5) is 15.0. The van der Waals surface area contributed by atoms with E-state index in [1.807, 2.05) is 0 Å². The highest BCUT2D eigenvalue weighted by Gasteiger charge is 2.54. The standard InChI is InChI=1S/C19H30N2O3/c22-18(21-12-16(13-1-2-13)17(21)14-3-4-14)20-15-5-8-24-19(11-15)6-9-23-10-7-19/h13-17H,1-12H2,(H,20,22). The van der Waals surface area contributed by atoms with Crippen LogP contribution in [0.1, 0.15) is 51.4 Å². The van der Waals surface area contributed by atoms with Gasteiger partial charge in [-0.1, -0.05) is 0 Å². The van der Waals surface area contributed by atoms with Crippen LogP contribution in [0.15, 0.2) is 0 Å². The molecule has 2 amide bonds. The predicted molar refractivity (Wildman–Crippen MR) is 89.7 cm³/mol. The average molecular weight is 334 g/mol. The van der Waals surface area contributed by atoms with Gasteiger partial charge in [0.2, 0.25) is 0 Å². The highest BCUT2D eigenvalue weighted by atomic mass is 16.5. The molecule has 3 heterocycles. The van der Waals surface area contributed by atoms with E-state index in [0.29, 0.717) is 6.04 Å². The number of urea groups is 1. The van der Waals surface area contributed by atoms with Crippen molar-refractivity contribution in [2.75, 3.05) is 26.4 Å². The fourth-order valence-electron chi connectivity index (χ4n) is 5.26. The summed E-state index contributed by atoms with van der Waals surface area (Å²) in [5.74, 6) is 2.53. The second-order valence-electron chi connectivity index (χ2n) is 8.76. The Kier molecular flexibility index (Phi) is 3.78. The molecule has 5 aliphatic rings. The molecular formula is C19H30N2O3. The number of nitrogens with zero attached hydrogens (tertiary/aromatic N) is 1. The molecule has 5 fully saturated rings. The molecule has 1 N–H and O–H groups in total. The van der Waals surface area contributed by atoms with Crippen molar-refractivity contribution in [2.45, 2.75) is 69.1 Å². The van der Waals surface area contributed by atoms with Crippen LogP contribution >= 0.6 is 0 Å². The molecule has 5 heteroatoms. The van der Waals surface area contributed by atoms with E-state index in [9.17, 15) is 4.79 Å². The molecule has 0 bridgehead atoms. The molecule has 3 atom stereocenters. The van der Waals surface area contributed by atoms with Gasteiger partial charge in [0.25, 0.3) is 0 Å². The van der Waals surface area contributed by atoms with Gasteiger partial charge in [0, 0.05) is 44.4 Å². The first-order valence-corrected chi connectivity index (χ1v) is 10.0. The Balaban J connectivity index is 1.19. The fourth-order valence-corrected chi connectivity index (χ4v) is 5.26. The van der Waals surface area contributed by atoms with Crippen LogP contribution in [0, 0.1) is 17.8 Å². The van der Waals surface area contributed by atoms with E-state index in [2.05, 4.69) is 10.2 Å². The van der Waals surface area contributed by atoms with Crippen molar-refractivity contribution >= 4 is 6.03 Å². The summed E-state index contributed by atoms with van der Waals surface area (Å²) in [5.41, 5.74) is -0.0458. The molecule has 1 spiro atoms. The molecule has 0 aromatic rings. The molecule has 2 aliphatic carbocycles. The van der Waals surface area contributed by atoms with Crippen molar-refractivity contribution in [3.63, 3.8) is 0 Å². The summed E-state index contributed by atoms with van der Waals surface area (Å²) >= 11 is 0. The van der Waals surface area contributed by atoms with Gasteiger partial charge in [-0.15, -0.1) is 0 Å². The summed E-state index contributed by atoms with van der Waals surface area (Å²) in [7, 11) is 0. The molecule has 134 valence electrons. The third-order valence-corrected chi connectivity index (χ3v) is 7.02. The second kappa shape index (κ2) is 5.87. The number of hydrogen-bond donors (Lipinski definition) is 1. The zero-order chi connectivity index (χ0) is 16.1. The lowest BCUT2D eigenvalue weighted by Crippen LogP contribution is -2.64. The van der Waals surface area contributed by atoms with Gasteiger partial charge in [0.15, 0.2) is 0 Å². The van der Waals surface area contributed by atoms with Crippen LogP contribution in [0.5, 0.6) is 0 Å². The molecular weight excluding hydrogens is 304 g/mol. The summed E-state index contributed by atoms with van der Waals surface area (Å²) in [6.07, 6.45) is 9.30. The molecule has 0 radical (unpaired) electrons. The molecule has 3 unspecified atom stereocenters. The lowest BCUT2D eigenvalue weighted by Gasteiger charge is -2.50. The molecule has 0 aromatic heterocycles. The van der Waals surface area contributed by atoms with E-state index in [1.165, 1.54) is 25.7 Å². The normalized spacial score (nSPS) is 38.7. The smallest absolute Gasteiger partial charge is 0.317 e. The SMILES string of the molecule is O=C(NC1CCOC2(CCOCC2)C1)N1CC(C2CC2)C1C1CC1. The van der Waals surface area contributed by atoms with Gasteiger partial charge < -0.3 is 19.7 Å². The van der Waals surface area contributed by atoms with E-state index in [4.69, 9.17) is 9.47 Å². The Morgan fingerprint density at radius 1 is 1.00 bits per heavy atom. The Morgan fingerprint density at radius 3 is 2.46 bits per heavy atom. The number of carbonyl (C=O) groups is 1. The maximum atomic E-state index is 12.8. The minimum atomic E-state index is -0.0458. The Bertz CT molecular complexity index is 491. The highest BCUT2D eigenvalue weighted by molar-refractivity contribution is 5.76. The van der Waals surface area contributed by atoms with Crippen LogP contribution in [0.4, 0.5) is 4.79 Å². The predicted octanol–water partition coefficient (Wildman–Crippen LogP) is 2.54. The monoisotopic (exact) mass is 334 g/mol. The number of carbonyl (C=O) groups excluding carboxylic acids is 1. The van der Waals surface area contributed by atoms with Gasteiger partial charge in [0.05, 0.1) is 5.60 Å². The minimum Gasteiger partial charge on any atom is -0.381 e.